The molecule has 0 aliphatic carbocycles. The van der Waals surface area contributed by atoms with Crippen molar-refractivity contribution in [3.8, 4) is 17.7 Å². The van der Waals surface area contributed by atoms with Gasteiger partial charge < -0.3 is 9.84 Å². The van der Waals surface area contributed by atoms with E-state index in [-0.39, 0.29) is 11.4 Å². The molecule has 0 radical (unpaired) electrons. The van der Waals surface area contributed by atoms with E-state index in [1.165, 1.54) is 12.1 Å². The molecule has 1 aromatic heterocycles. The molecular weight excluding hydrogens is 371 g/mol. The molecule has 0 fully saturated rings. The molecule has 100 valence electrons. The molecule has 1 N–H and O–H groups in total. The van der Waals surface area contributed by atoms with Gasteiger partial charge in [0.25, 0.3) is 0 Å². The lowest BCUT2D eigenvalue weighted by Gasteiger charge is -2.09. The number of hydrogen-bond acceptors (Lipinski definition) is 4. The molecule has 0 atom stereocenters. The van der Waals surface area contributed by atoms with Crippen molar-refractivity contribution < 1.29 is 14.6 Å². The summed E-state index contributed by atoms with van der Waals surface area (Å²) in [5, 5.41) is 18.0. The van der Waals surface area contributed by atoms with E-state index in [9.17, 15) is 4.79 Å². The zero-order chi connectivity index (χ0) is 14.7. The largest absolute Gasteiger partial charge is 0.478 e. The molecule has 0 aliphatic rings. The first kappa shape index (κ1) is 14.3. The number of pyridine rings is 1. The molecule has 5 nitrogen and oxygen atoms in total. The van der Waals surface area contributed by atoms with Gasteiger partial charge >= 0.3 is 5.97 Å². The first-order chi connectivity index (χ1) is 9.51. The van der Waals surface area contributed by atoms with Crippen LogP contribution < -0.4 is 4.74 Å². The highest BCUT2D eigenvalue weighted by molar-refractivity contribution is 14.1. The number of rotatable bonds is 3. The predicted octanol–water partition coefficient (Wildman–Crippen LogP) is 3.36. The van der Waals surface area contributed by atoms with Crippen LogP contribution in [0.25, 0.3) is 0 Å². The highest BCUT2D eigenvalue weighted by Gasteiger charge is 2.12. The van der Waals surface area contributed by atoms with Crippen LogP contribution in [0.2, 0.25) is 0 Å². The van der Waals surface area contributed by atoms with Gasteiger partial charge in [-0.05, 0) is 59.8 Å². The van der Waals surface area contributed by atoms with Crippen LogP contribution in [0.3, 0.4) is 0 Å². The third-order valence-electron chi connectivity index (χ3n) is 2.50. The standard InChI is InChI=1S/C14H9IN2O3/c1-8-2-3-10(7-16)13(17-8)20-12-6-9(14(18)19)4-5-11(12)15/h2-6H,1H3,(H,18,19). The van der Waals surface area contributed by atoms with Gasteiger partial charge in [0, 0.05) is 5.69 Å². The predicted molar refractivity (Wildman–Crippen MR) is 79.9 cm³/mol. The van der Waals surface area contributed by atoms with Gasteiger partial charge in [0.1, 0.15) is 17.4 Å². The van der Waals surface area contributed by atoms with Crippen molar-refractivity contribution in [1.82, 2.24) is 4.98 Å². The molecule has 0 saturated heterocycles. The lowest BCUT2D eigenvalue weighted by Crippen LogP contribution is -1.99. The van der Waals surface area contributed by atoms with Gasteiger partial charge in [0.2, 0.25) is 5.88 Å². The van der Waals surface area contributed by atoms with E-state index in [0.29, 0.717) is 17.0 Å². The third-order valence-corrected chi connectivity index (χ3v) is 3.40. The van der Waals surface area contributed by atoms with Gasteiger partial charge in [-0.1, -0.05) is 0 Å². The second-order valence-corrected chi connectivity index (χ2v) is 5.13. The van der Waals surface area contributed by atoms with Crippen LogP contribution in [-0.4, -0.2) is 16.1 Å². The maximum absolute atomic E-state index is 11.0. The minimum absolute atomic E-state index is 0.117. The van der Waals surface area contributed by atoms with Crippen molar-refractivity contribution in [3.05, 3.63) is 50.7 Å². The summed E-state index contributed by atoms with van der Waals surface area (Å²) in [6, 6.07) is 9.87. The number of ether oxygens (including phenoxy) is 1. The second kappa shape index (κ2) is 5.88. The molecule has 0 amide bonds. The molecule has 0 saturated carbocycles. The Morgan fingerprint density at radius 2 is 2.15 bits per heavy atom. The van der Waals surface area contributed by atoms with E-state index < -0.39 is 5.97 Å². The van der Waals surface area contributed by atoms with Crippen LogP contribution in [0.4, 0.5) is 0 Å². The number of nitrogens with zero attached hydrogens (tertiary/aromatic N) is 2. The number of benzene rings is 1. The van der Waals surface area contributed by atoms with Crippen molar-refractivity contribution in [2.75, 3.05) is 0 Å². The zero-order valence-corrected chi connectivity index (χ0v) is 12.6. The molecule has 1 heterocycles. The van der Waals surface area contributed by atoms with Gasteiger partial charge in [-0.2, -0.15) is 5.26 Å². The number of halogens is 1. The highest BCUT2D eigenvalue weighted by Crippen LogP contribution is 2.28. The summed E-state index contributed by atoms with van der Waals surface area (Å²) in [7, 11) is 0. The van der Waals surface area contributed by atoms with E-state index in [4.69, 9.17) is 15.1 Å². The van der Waals surface area contributed by atoms with Crippen molar-refractivity contribution >= 4 is 28.6 Å². The second-order valence-electron chi connectivity index (χ2n) is 3.97. The van der Waals surface area contributed by atoms with Crippen LogP contribution in [0.5, 0.6) is 11.6 Å². The molecule has 20 heavy (non-hydrogen) atoms. The maximum atomic E-state index is 11.0. The molecule has 6 heteroatoms. The molecule has 0 unspecified atom stereocenters. The molecule has 0 aliphatic heterocycles. The first-order valence-electron chi connectivity index (χ1n) is 5.59. The number of carboxylic acids is 1. The maximum Gasteiger partial charge on any atom is 0.335 e. The molecule has 2 aromatic rings. The summed E-state index contributed by atoms with van der Waals surface area (Å²) in [5.74, 6) is -0.503. The number of carboxylic acid groups (broad SMARTS) is 1. The Morgan fingerprint density at radius 1 is 1.40 bits per heavy atom. The summed E-state index contributed by atoms with van der Waals surface area (Å²) in [4.78, 5) is 15.1. The molecule has 0 bridgehead atoms. The number of aryl methyl sites for hydroxylation is 1. The Morgan fingerprint density at radius 3 is 2.80 bits per heavy atom. The van der Waals surface area contributed by atoms with E-state index in [2.05, 4.69) is 4.98 Å². The highest BCUT2D eigenvalue weighted by atomic mass is 127. The van der Waals surface area contributed by atoms with E-state index in [1.54, 1.807) is 25.1 Å². The summed E-state index contributed by atoms with van der Waals surface area (Å²) in [5.41, 5.74) is 1.13. The minimum atomic E-state index is -1.04. The van der Waals surface area contributed by atoms with Gasteiger partial charge in [-0.25, -0.2) is 9.78 Å². The first-order valence-corrected chi connectivity index (χ1v) is 6.67. The fourth-order valence-corrected chi connectivity index (χ4v) is 1.96. The average Bonchev–Trinajstić information content (AvgIpc) is 2.41. The monoisotopic (exact) mass is 380 g/mol. The van der Waals surface area contributed by atoms with E-state index in [0.717, 1.165) is 3.57 Å². The van der Waals surface area contributed by atoms with Crippen molar-refractivity contribution in [1.29, 1.82) is 5.26 Å². The summed E-state index contributed by atoms with van der Waals surface area (Å²) >= 11 is 2.03. The lowest BCUT2D eigenvalue weighted by molar-refractivity contribution is 0.0696. The SMILES string of the molecule is Cc1ccc(C#N)c(Oc2cc(C(=O)O)ccc2I)n1. The van der Waals surface area contributed by atoms with E-state index in [1.807, 2.05) is 28.7 Å². The fourth-order valence-electron chi connectivity index (χ4n) is 1.51. The van der Waals surface area contributed by atoms with Crippen LogP contribution in [-0.2, 0) is 0 Å². The third kappa shape index (κ3) is 3.05. The summed E-state index contributed by atoms with van der Waals surface area (Å²) in [6.45, 7) is 1.78. The number of carbonyl (C=O) groups is 1. The summed E-state index contributed by atoms with van der Waals surface area (Å²) < 4.78 is 6.33. The molecule has 2 rings (SSSR count). The van der Waals surface area contributed by atoms with Gasteiger partial charge in [-0.3, -0.25) is 0 Å². The molecule has 0 spiro atoms. The van der Waals surface area contributed by atoms with E-state index >= 15 is 0 Å². The molecule has 1 aromatic carbocycles. The van der Waals surface area contributed by atoms with Crippen molar-refractivity contribution in [2.24, 2.45) is 0 Å². The lowest BCUT2D eigenvalue weighted by atomic mass is 10.2. The Hall–Kier alpha value is -2.14. The Balaban J connectivity index is 2.44. The smallest absolute Gasteiger partial charge is 0.335 e. The summed E-state index contributed by atoms with van der Waals surface area (Å²) in [6.07, 6.45) is 0. The zero-order valence-electron chi connectivity index (χ0n) is 10.4. The van der Waals surface area contributed by atoms with Crippen molar-refractivity contribution in [3.63, 3.8) is 0 Å². The number of nitriles is 1. The van der Waals surface area contributed by atoms with Crippen LogP contribution in [0.15, 0.2) is 30.3 Å². The van der Waals surface area contributed by atoms with Crippen molar-refractivity contribution in [2.45, 2.75) is 6.92 Å². The number of hydrogen-bond donors (Lipinski definition) is 1. The minimum Gasteiger partial charge on any atom is -0.478 e. The van der Waals surface area contributed by atoms with Crippen LogP contribution in [0, 0.1) is 21.8 Å². The van der Waals surface area contributed by atoms with Gasteiger partial charge in [0.05, 0.1) is 9.13 Å². The molecular formula is C14H9IN2O3. The topological polar surface area (TPSA) is 83.2 Å². The fraction of sp³-hybridized carbons (Fsp3) is 0.0714. The van der Waals surface area contributed by atoms with Crippen LogP contribution in [0.1, 0.15) is 21.6 Å². The Labute approximate surface area is 129 Å². The van der Waals surface area contributed by atoms with Gasteiger partial charge in [-0.15, -0.1) is 0 Å². The van der Waals surface area contributed by atoms with Crippen LogP contribution >= 0.6 is 22.6 Å². The normalized spacial score (nSPS) is 9.85. The Bertz CT molecular complexity index is 723. The quantitative estimate of drug-likeness (QED) is 0.826. The average molecular weight is 380 g/mol. The Kier molecular flexibility index (Phi) is 4.20. The number of aromatic carboxylic acids is 1. The van der Waals surface area contributed by atoms with Gasteiger partial charge in [0.15, 0.2) is 0 Å². The number of aromatic nitrogens is 1.